The molecule has 0 saturated heterocycles. The molecule has 7 heteroatoms. The predicted molar refractivity (Wildman–Crippen MR) is 97.2 cm³/mol. The van der Waals surface area contributed by atoms with Gasteiger partial charge >= 0.3 is 0 Å². The zero-order valence-electron chi connectivity index (χ0n) is 12.2. The van der Waals surface area contributed by atoms with Crippen LogP contribution in [0.25, 0.3) is 11.3 Å². The second kappa shape index (κ2) is 6.86. The molecule has 23 heavy (non-hydrogen) atoms. The molecule has 2 heterocycles. The fraction of sp³-hybridized carbons (Fsp3) is 0.0625. The van der Waals surface area contributed by atoms with Crippen LogP contribution in [0, 0.1) is 9.39 Å². The minimum absolute atomic E-state index is 0.327. The summed E-state index contributed by atoms with van der Waals surface area (Å²) in [5.74, 6) is 0.635. The fourth-order valence-corrected chi connectivity index (χ4v) is 2.48. The van der Waals surface area contributed by atoms with Gasteiger partial charge in [0.2, 0.25) is 5.95 Å². The molecule has 0 radical (unpaired) electrons. The molecule has 0 amide bonds. The number of nitrogens with zero attached hydrogens (tertiary/aromatic N) is 3. The standard InChI is InChI=1S/C16H13FIN5/c1-19-16-22-14(10-4-6-20-7-5-10)9-15(23-16)21-13-3-2-11(18)8-12(13)17/h2-9H,1H3,(H2,19,21,22,23). The van der Waals surface area contributed by atoms with E-state index < -0.39 is 0 Å². The van der Waals surface area contributed by atoms with E-state index in [2.05, 4.69) is 48.2 Å². The van der Waals surface area contributed by atoms with Crippen molar-refractivity contribution in [2.75, 3.05) is 17.7 Å². The van der Waals surface area contributed by atoms with E-state index >= 15 is 0 Å². The average Bonchev–Trinajstić information content (AvgIpc) is 2.58. The zero-order chi connectivity index (χ0) is 16.2. The van der Waals surface area contributed by atoms with E-state index in [1.165, 1.54) is 6.07 Å². The number of aromatic nitrogens is 3. The van der Waals surface area contributed by atoms with Gasteiger partial charge in [0.05, 0.1) is 11.4 Å². The van der Waals surface area contributed by atoms with Crippen molar-refractivity contribution < 1.29 is 4.39 Å². The van der Waals surface area contributed by atoms with Crippen LogP contribution in [0.4, 0.5) is 21.8 Å². The number of hydrogen-bond donors (Lipinski definition) is 2. The minimum Gasteiger partial charge on any atom is -0.357 e. The molecule has 5 nitrogen and oxygen atoms in total. The third kappa shape index (κ3) is 3.73. The number of pyridine rings is 1. The average molecular weight is 421 g/mol. The molecule has 0 aliphatic rings. The molecule has 0 aliphatic carbocycles. The largest absolute Gasteiger partial charge is 0.357 e. The Kier molecular flexibility index (Phi) is 4.65. The first-order chi connectivity index (χ1) is 11.2. The lowest BCUT2D eigenvalue weighted by atomic mass is 10.2. The number of halogens is 2. The summed E-state index contributed by atoms with van der Waals surface area (Å²) < 4.78 is 14.8. The molecule has 0 fully saturated rings. The van der Waals surface area contributed by atoms with E-state index in [1.807, 2.05) is 18.2 Å². The summed E-state index contributed by atoms with van der Waals surface area (Å²) in [5, 5.41) is 5.91. The molecule has 0 spiro atoms. The second-order valence-electron chi connectivity index (χ2n) is 4.70. The van der Waals surface area contributed by atoms with E-state index in [9.17, 15) is 4.39 Å². The summed E-state index contributed by atoms with van der Waals surface area (Å²) >= 11 is 2.07. The summed E-state index contributed by atoms with van der Waals surface area (Å²) in [5.41, 5.74) is 2.00. The van der Waals surface area contributed by atoms with E-state index in [-0.39, 0.29) is 5.82 Å². The molecule has 0 aliphatic heterocycles. The molecule has 0 unspecified atom stereocenters. The quantitative estimate of drug-likeness (QED) is 0.623. The predicted octanol–water partition coefficient (Wildman–Crippen LogP) is 4.07. The lowest BCUT2D eigenvalue weighted by molar-refractivity contribution is 0.631. The normalized spacial score (nSPS) is 10.4. The highest BCUT2D eigenvalue weighted by Crippen LogP contribution is 2.25. The van der Waals surface area contributed by atoms with E-state index in [1.54, 1.807) is 31.6 Å². The Morgan fingerprint density at radius 2 is 1.83 bits per heavy atom. The van der Waals surface area contributed by atoms with Gasteiger partial charge in [0, 0.05) is 34.6 Å². The Morgan fingerprint density at radius 1 is 1.04 bits per heavy atom. The molecule has 3 rings (SSSR count). The lowest BCUT2D eigenvalue weighted by Crippen LogP contribution is -2.03. The highest BCUT2D eigenvalue weighted by atomic mass is 127. The van der Waals surface area contributed by atoms with Crippen molar-refractivity contribution >= 4 is 40.0 Å². The van der Waals surface area contributed by atoms with Gasteiger partial charge in [-0.1, -0.05) is 0 Å². The van der Waals surface area contributed by atoms with Crippen LogP contribution in [-0.4, -0.2) is 22.0 Å². The van der Waals surface area contributed by atoms with Gasteiger partial charge in [0.15, 0.2) is 0 Å². The van der Waals surface area contributed by atoms with Crippen molar-refractivity contribution in [3.05, 3.63) is 58.2 Å². The molecule has 0 bridgehead atoms. The third-order valence-corrected chi connectivity index (χ3v) is 3.79. The summed E-state index contributed by atoms with van der Waals surface area (Å²) in [6.45, 7) is 0. The Hall–Kier alpha value is -2.29. The number of rotatable bonds is 4. The van der Waals surface area contributed by atoms with Gasteiger partial charge in [0.25, 0.3) is 0 Å². The minimum atomic E-state index is -0.327. The van der Waals surface area contributed by atoms with E-state index in [0.29, 0.717) is 17.5 Å². The van der Waals surface area contributed by atoms with Crippen LogP contribution in [0.15, 0.2) is 48.8 Å². The van der Waals surface area contributed by atoms with Crippen molar-refractivity contribution in [2.24, 2.45) is 0 Å². The molecule has 116 valence electrons. The van der Waals surface area contributed by atoms with E-state index in [0.717, 1.165) is 14.8 Å². The molecule has 0 atom stereocenters. The summed E-state index contributed by atoms with van der Waals surface area (Å²) in [4.78, 5) is 12.7. The molecule has 3 aromatic rings. The zero-order valence-corrected chi connectivity index (χ0v) is 14.4. The second-order valence-corrected chi connectivity index (χ2v) is 5.94. The lowest BCUT2D eigenvalue weighted by Gasteiger charge is -2.10. The van der Waals surface area contributed by atoms with Crippen LogP contribution in [0.3, 0.4) is 0 Å². The molecular weight excluding hydrogens is 408 g/mol. The number of nitrogens with one attached hydrogen (secondary N) is 2. The maximum atomic E-state index is 14.0. The van der Waals surface area contributed by atoms with Crippen LogP contribution >= 0.6 is 22.6 Å². The van der Waals surface area contributed by atoms with Gasteiger partial charge in [-0.2, -0.15) is 4.98 Å². The van der Waals surface area contributed by atoms with Gasteiger partial charge < -0.3 is 10.6 Å². The van der Waals surface area contributed by atoms with Gasteiger partial charge in [-0.25, -0.2) is 9.37 Å². The van der Waals surface area contributed by atoms with Crippen LogP contribution in [0.5, 0.6) is 0 Å². The Morgan fingerprint density at radius 3 is 2.52 bits per heavy atom. The number of hydrogen-bond acceptors (Lipinski definition) is 5. The van der Waals surface area contributed by atoms with Gasteiger partial charge in [-0.3, -0.25) is 4.98 Å². The maximum absolute atomic E-state index is 14.0. The number of anilines is 3. The first-order valence-electron chi connectivity index (χ1n) is 6.85. The summed E-state index contributed by atoms with van der Waals surface area (Å²) in [7, 11) is 1.74. The Labute approximate surface area is 146 Å². The Bertz CT molecular complexity index is 826. The monoisotopic (exact) mass is 421 g/mol. The Balaban J connectivity index is 1.99. The first-order valence-corrected chi connectivity index (χ1v) is 7.93. The topological polar surface area (TPSA) is 62.7 Å². The maximum Gasteiger partial charge on any atom is 0.224 e. The molecule has 1 aromatic carbocycles. The van der Waals surface area contributed by atoms with Crippen molar-refractivity contribution in [1.82, 2.24) is 15.0 Å². The van der Waals surface area contributed by atoms with Crippen LogP contribution in [0.1, 0.15) is 0 Å². The molecule has 2 N–H and O–H groups in total. The fourth-order valence-electron chi connectivity index (χ4n) is 2.02. The molecule has 0 saturated carbocycles. The van der Waals surface area contributed by atoms with Gasteiger partial charge in [-0.05, 0) is 52.9 Å². The summed E-state index contributed by atoms with van der Waals surface area (Å²) in [6, 6.07) is 10.5. The summed E-state index contributed by atoms with van der Waals surface area (Å²) in [6.07, 6.45) is 3.39. The van der Waals surface area contributed by atoms with Gasteiger partial charge in [0.1, 0.15) is 11.6 Å². The van der Waals surface area contributed by atoms with Crippen molar-refractivity contribution in [2.45, 2.75) is 0 Å². The van der Waals surface area contributed by atoms with Crippen molar-refractivity contribution in [3.8, 4) is 11.3 Å². The van der Waals surface area contributed by atoms with Crippen molar-refractivity contribution in [3.63, 3.8) is 0 Å². The van der Waals surface area contributed by atoms with E-state index in [4.69, 9.17) is 0 Å². The van der Waals surface area contributed by atoms with Gasteiger partial charge in [-0.15, -0.1) is 0 Å². The highest BCUT2D eigenvalue weighted by Gasteiger charge is 2.08. The number of benzene rings is 1. The van der Waals surface area contributed by atoms with Crippen molar-refractivity contribution in [1.29, 1.82) is 0 Å². The molecular formula is C16H13FIN5. The SMILES string of the molecule is CNc1nc(Nc2ccc(I)cc2F)cc(-c2ccncc2)n1. The highest BCUT2D eigenvalue weighted by molar-refractivity contribution is 14.1. The van der Waals surface area contributed by atoms with Crippen LogP contribution < -0.4 is 10.6 Å². The van der Waals surface area contributed by atoms with Crippen LogP contribution in [-0.2, 0) is 0 Å². The molecule has 2 aromatic heterocycles. The third-order valence-electron chi connectivity index (χ3n) is 3.12. The first kappa shape index (κ1) is 15.6. The van der Waals surface area contributed by atoms with Crippen LogP contribution in [0.2, 0.25) is 0 Å². The smallest absolute Gasteiger partial charge is 0.224 e.